The molecule has 1 unspecified atom stereocenters. The maximum atomic E-state index is 13.4. The SMILES string of the molecule is O=C(C1COc2ccc(F)cc2C1)N(CCO)Cc1ccccc1. The van der Waals surface area contributed by atoms with Crippen LogP contribution >= 0.6 is 0 Å². The van der Waals surface area contributed by atoms with Crippen molar-refractivity contribution in [2.45, 2.75) is 13.0 Å². The summed E-state index contributed by atoms with van der Waals surface area (Å²) in [4.78, 5) is 14.5. The molecule has 126 valence electrons. The minimum absolute atomic E-state index is 0.0807. The molecule has 3 rings (SSSR count). The topological polar surface area (TPSA) is 49.8 Å². The zero-order valence-electron chi connectivity index (χ0n) is 13.3. The molecular formula is C19H20FNO3. The summed E-state index contributed by atoms with van der Waals surface area (Å²) in [5, 5.41) is 9.28. The third kappa shape index (κ3) is 3.74. The first-order valence-corrected chi connectivity index (χ1v) is 8.02. The van der Waals surface area contributed by atoms with Crippen LogP contribution in [0.2, 0.25) is 0 Å². The van der Waals surface area contributed by atoms with Gasteiger partial charge in [0.2, 0.25) is 5.91 Å². The molecule has 24 heavy (non-hydrogen) atoms. The van der Waals surface area contributed by atoms with Crippen LogP contribution in [0.1, 0.15) is 11.1 Å². The van der Waals surface area contributed by atoms with Gasteiger partial charge in [0.05, 0.1) is 12.5 Å². The maximum Gasteiger partial charge on any atom is 0.229 e. The monoisotopic (exact) mass is 329 g/mol. The Balaban J connectivity index is 1.73. The zero-order valence-corrected chi connectivity index (χ0v) is 13.3. The molecule has 4 nitrogen and oxygen atoms in total. The van der Waals surface area contributed by atoms with Crippen LogP contribution in [0.3, 0.4) is 0 Å². The molecule has 0 saturated carbocycles. The lowest BCUT2D eigenvalue weighted by Crippen LogP contribution is -2.41. The summed E-state index contributed by atoms with van der Waals surface area (Å²) in [6.07, 6.45) is 0.447. The number of ether oxygens (including phenoxy) is 1. The average molecular weight is 329 g/mol. The molecule has 0 aliphatic carbocycles. The second-order valence-corrected chi connectivity index (χ2v) is 5.93. The predicted octanol–water partition coefficient (Wildman–Crippen LogP) is 2.40. The standard InChI is InChI=1S/C19H20FNO3/c20-17-6-7-18-15(11-17)10-16(13-24-18)19(23)21(8-9-22)12-14-4-2-1-3-5-14/h1-7,11,16,22H,8-10,12-13H2. The first-order chi connectivity index (χ1) is 11.7. The lowest BCUT2D eigenvalue weighted by molar-refractivity contribution is -0.138. The van der Waals surface area contributed by atoms with Crippen molar-refractivity contribution < 1.29 is 19.0 Å². The molecule has 0 aromatic heterocycles. The summed E-state index contributed by atoms with van der Waals surface area (Å²) in [5.74, 6) is -0.142. The number of hydrogen-bond donors (Lipinski definition) is 1. The van der Waals surface area contributed by atoms with Gasteiger partial charge in [-0.1, -0.05) is 30.3 Å². The predicted molar refractivity (Wildman–Crippen MR) is 88.0 cm³/mol. The van der Waals surface area contributed by atoms with Gasteiger partial charge in [-0.3, -0.25) is 4.79 Å². The minimum atomic E-state index is -0.366. The average Bonchev–Trinajstić information content (AvgIpc) is 2.61. The minimum Gasteiger partial charge on any atom is -0.492 e. The van der Waals surface area contributed by atoms with Crippen LogP contribution in [0.4, 0.5) is 4.39 Å². The van der Waals surface area contributed by atoms with Gasteiger partial charge in [-0.25, -0.2) is 4.39 Å². The molecule has 0 radical (unpaired) electrons. The van der Waals surface area contributed by atoms with Crippen molar-refractivity contribution in [2.24, 2.45) is 5.92 Å². The smallest absolute Gasteiger partial charge is 0.229 e. The fourth-order valence-electron chi connectivity index (χ4n) is 2.97. The molecule has 1 heterocycles. The first kappa shape index (κ1) is 16.5. The Labute approximate surface area is 140 Å². The molecule has 0 fully saturated rings. The number of fused-ring (bicyclic) bond motifs is 1. The lowest BCUT2D eigenvalue weighted by atomic mass is 9.95. The summed E-state index contributed by atoms with van der Waals surface area (Å²) < 4.78 is 19.0. The van der Waals surface area contributed by atoms with Crippen molar-refractivity contribution in [3.63, 3.8) is 0 Å². The second-order valence-electron chi connectivity index (χ2n) is 5.93. The molecule has 2 aromatic carbocycles. The van der Waals surface area contributed by atoms with Gasteiger partial charge in [-0.05, 0) is 35.7 Å². The van der Waals surface area contributed by atoms with E-state index in [1.807, 2.05) is 30.3 Å². The molecule has 2 aromatic rings. The summed E-state index contributed by atoms with van der Waals surface area (Å²) in [7, 11) is 0. The van der Waals surface area contributed by atoms with Crippen LogP contribution in [-0.4, -0.2) is 35.7 Å². The fraction of sp³-hybridized carbons (Fsp3) is 0.316. The number of aliphatic hydroxyl groups is 1. The fourth-order valence-corrected chi connectivity index (χ4v) is 2.97. The Morgan fingerprint density at radius 3 is 2.79 bits per heavy atom. The molecule has 1 amide bonds. The number of nitrogens with zero attached hydrogens (tertiary/aromatic N) is 1. The van der Waals surface area contributed by atoms with Crippen molar-refractivity contribution in [3.8, 4) is 5.75 Å². The molecule has 1 aliphatic rings. The maximum absolute atomic E-state index is 13.4. The summed E-state index contributed by atoms with van der Waals surface area (Å²) in [6.45, 7) is 0.874. The largest absolute Gasteiger partial charge is 0.492 e. The number of carbonyl (C=O) groups is 1. The van der Waals surface area contributed by atoms with E-state index in [9.17, 15) is 14.3 Å². The molecule has 0 spiro atoms. The van der Waals surface area contributed by atoms with E-state index in [4.69, 9.17) is 4.74 Å². The first-order valence-electron chi connectivity index (χ1n) is 8.02. The summed E-state index contributed by atoms with van der Waals surface area (Å²) in [5.41, 5.74) is 1.71. The number of amides is 1. The molecular weight excluding hydrogens is 309 g/mol. The number of hydrogen-bond acceptors (Lipinski definition) is 3. The molecule has 1 N–H and O–H groups in total. The zero-order chi connectivity index (χ0) is 16.9. The highest BCUT2D eigenvalue weighted by Gasteiger charge is 2.29. The van der Waals surface area contributed by atoms with E-state index >= 15 is 0 Å². The van der Waals surface area contributed by atoms with E-state index in [1.165, 1.54) is 12.1 Å². The number of halogens is 1. The highest BCUT2D eigenvalue weighted by Crippen LogP contribution is 2.29. The van der Waals surface area contributed by atoms with Crippen LogP contribution in [0, 0.1) is 11.7 Å². The normalized spacial score (nSPS) is 16.2. The number of benzene rings is 2. The van der Waals surface area contributed by atoms with E-state index in [-0.39, 0.29) is 37.4 Å². The van der Waals surface area contributed by atoms with Crippen LogP contribution in [0.25, 0.3) is 0 Å². The van der Waals surface area contributed by atoms with Crippen LogP contribution in [0.15, 0.2) is 48.5 Å². The molecule has 5 heteroatoms. The van der Waals surface area contributed by atoms with E-state index in [2.05, 4.69) is 0 Å². The van der Waals surface area contributed by atoms with Gasteiger partial charge in [0.1, 0.15) is 18.2 Å². The highest BCUT2D eigenvalue weighted by atomic mass is 19.1. The second kappa shape index (κ2) is 7.45. The van der Waals surface area contributed by atoms with Crippen molar-refractivity contribution >= 4 is 5.91 Å². The Kier molecular flexibility index (Phi) is 5.11. The summed E-state index contributed by atoms with van der Waals surface area (Å²) >= 11 is 0. The number of carbonyl (C=O) groups excluding carboxylic acids is 1. The van der Waals surface area contributed by atoms with Crippen molar-refractivity contribution in [3.05, 3.63) is 65.5 Å². The Bertz CT molecular complexity index is 705. The van der Waals surface area contributed by atoms with E-state index < -0.39 is 0 Å². The number of aliphatic hydroxyl groups excluding tert-OH is 1. The van der Waals surface area contributed by atoms with Crippen LogP contribution in [-0.2, 0) is 17.8 Å². The molecule has 0 bridgehead atoms. The van der Waals surface area contributed by atoms with Crippen LogP contribution < -0.4 is 4.74 Å². The van der Waals surface area contributed by atoms with Crippen molar-refractivity contribution in [1.82, 2.24) is 4.90 Å². The van der Waals surface area contributed by atoms with Gasteiger partial charge in [0, 0.05) is 13.1 Å². The highest BCUT2D eigenvalue weighted by molar-refractivity contribution is 5.79. The quantitative estimate of drug-likeness (QED) is 0.916. The molecule has 1 atom stereocenters. The van der Waals surface area contributed by atoms with Gasteiger partial charge in [0.25, 0.3) is 0 Å². The van der Waals surface area contributed by atoms with Gasteiger partial charge >= 0.3 is 0 Å². The Morgan fingerprint density at radius 1 is 1.25 bits per heavy atom. The van der Waals surface area contributed by atoms with E-state index in [0.717, 1.165) is 5.56 Å². The Hall–Kier alpha value is -2.40. The van der Waals surface area contributed by atoms with E-state index in [1.54, 1.807) is 11.0 Å². The van der Waals surface area contributed by atoms with Gasteiger partial charge < -0.3 is 14.7 Å². The summed E-state index contributed by atoms with van der Waals surface area (Å²) in [6, 6.07) is 14.0. The van der Waals surface area contributed by atoms with Gasteiger partial charge in [0.15, 0.2) is 0 Å². The van der Waals surface area contributed by atoms with Crippen molar-refractivity contribution in [1.29, 1.82) is 0 Å². The molecule has 0 saturated heterocycles. The van der Waals surface area contributed by atoms with Crippen molar-refractivity contribution in [2.75, 3.05) is 19.8 Å². The van der Waals surface area contributed by atoms with Gasteiger partial charge in [-0.15, -0.1) is 0 Å². The van der Waals surface area contributed by atoms with Gasteiger partial charge in [-0.2, -0.15) is 0 Å². The molecule has 1 aliphatic heterocycles. The van der Waals surface area contributed by atoms with E-state index in [0.29, 0.717) is 24.3 Å². The number of rotatable bonds is 5. The third-order valence-corrected chi connectivity index (χ3v) is 4.18. The lowest BCUT2D eigenvalue weighted by Gasteiger charge is -2.30. The Morgan fingerprint density at radius 2 is 2.04 bits per heavy atom. The van der Waals surface area contributed by atoms with Crippen LogP contribution in [0.5, 0.6) is 5.75 Å². The third-order valence-electron chi connectivity index (χ3n) is 4.18.